The fourth-order valence-electron chi connectivity index (χ4n) is 17.3. The maximum Gasteiger partial charge on any atom is 0.252 e. The fraction of sp³-hybridized carbons (Fsp3) is 0.187. The molecule has 14 aromatic carbocycles. The highest BCUT2D eigenvalue weighted by atomic mass is 15.2. The third kappa shape index (κ3) is 12.5. The minimum atomic E-state index is -0.586. The van der Waals surface area contributed by atoms with Crippen LogP contribution in [0.15, 0.2) is 309 Å². The molecule has 17 aromatic rings. The lowest BCUT2D eigenvalue weighted by Crippen LogP contribution is -2.61. The third-order valence-corrected chi connectivity index (χ3v) is 23.5. The fourth-order valence-corrected chi connectivity index (χ4v) is 17.3. The van der Waals surface area contributed by atoms with E-state index in [2.05, 4.69) is 337 Å². The molecule has 562 valence electrons. The lowest BCUT2D eigenvalue weighted by molar-refractivity contribution is 0.590. The number of para-hydroxylation sites is 2. The molecule has 0 atom stereocenters. The molecular formula is C107H96BN7. The number of hydrogen-bond acceptors (Lipinski definition) is 5. The Labute approximate surface area is 688 Å². The molecule has 8 heteroatoms. The van der Waals surface area contributed by atoms with Gasteiger partial charge in [-0.3, -0.25) is 0 Å². The van der Waals surface area contributed by atoms with E-state index >= 15 is 0 Å². The molecule has 0 unspecified atom stereocenters. The monoisotopic (exact) mass is 1500 g/mol. The van der Waals surface area contributed by atoms with Crippen molar-refractivity contribution < 1.29 is 11.0 Å². The van der Waals surface area contributed by atoms with Crippen molar-refractivity contribution in [2.24, 2.45) is 0 Å². The second kappa shape index (κ2) is 27.0. The van der Waals surface area contributed by atoms with Crippen molar-refractivity contribution in [3.8, 4) is 78.9 Å². The Balaban J connectivity index is 1.03. The molecule has 0 N–H and O–H groups in total. The van der Waals surface area contributed by atoms with Crippen LogP contribution in [-0.2, 0) is 27.1 Å². The number of benzene rings is 14. The van der Waals surface area contributed by atoms with Crippen molar-refractivity contribution in [1.29, 1.82) is 0 Å². The van der Waals surface area contributed by atoms with Gasteiger partial charge >= 0.3 is 0 Å². The Morgan fingerprint density at radius 1 is 0.270 bits per heavy atom. The minimum Gasteiger partial charge on any atom is -0.310 e. The number of anilines is 6. The lowest BCUT2D eigenvalue weighted by Gasteiger charge is -2.46. The molecule has 2 aliphatic heterocycles. The quantitative estimate of drug-likeness (QED) is 0.128. The molecule has 115 heavy (non-hydrogen) atoms. The van der Waals surface area contributed by atoms with E-state index < -0.39 is 53.8 Å². The Bertz CT molecular complexity index is 6970. The second-order valence-corrected chi connectivity index (χ2v) is 36.3. The summed E-state index contributed by atoms with van der Waals surface area (Å²) in [6.45, 7) is 33.5. The molecule has 0 bridgehead atoms. The van der Waals surface area contributed by atoms with Gasteiger partial charge in [0.2, 0.25) is 0 Å². The standard InChI is InChI=1S/C107H96BN7/c1-103(2,3)72-49-55-91-84(57-72)85-58-73(104(4,5)6)50-56-92(85)113(91)78-52-54-88-94(66-78)115(99-83(69-39-25-18-26-40-69)61-75(106(10,11)12)62-86(99)102-110-100(70-41-27-19-28-42-70)109-101(111-102)71-43-29-20-30-44-71)96-64-76(107(13,14)15)63-95-97(96)108(88)87-53-51-77(112-89-47-33-31-45-79(89)80-46-32-34-48-90(80)112)65-93(87)114(95)98-81(67-35-21-16-22-36-67)59-74(105(7,8)9)60-82(98)68-37-23-17-24-38-68/h16-66H,1-15H3/i31D,32D,33D,34D,45D,46D,47D,48D. The molecule has 0 fully saturated rings. The average Bonchev–Trinajstić information content (AvgIpc) is 1.29. The summed E-state index contributed by atoms with van der Waals surface area (Å²) in [7, 11) is 0. The van der Waals surface area contributed by atoms with Crippen molar-refractivity contribution in [2.45, 2.75) is 131 Å². The van der Waals surface area contributed by atoms with Crippen LogP contribution in [0.5, 0.6) is 0 Å². The predicted molar refractivity (Wildman–Crippen MR) is 489 cm³/mol. The molecule has 0 radical (unpaired) electrons. The number of nitrogens with zero attached hydrogens (tertiary/aromatic N) is 7. The van der Waals surface area contributed by atoms with Crippen LogP contribution in [0.1, 0.15) is 143 Å². The molecule has 7 nitrogen and oxygen atoms in total. The van der Waals surface area contributed by atoms with Gasteiger partial charge in [0.1, 0.15) is 0 Å². The summed E-state index contributed by atoms with van der Waals surface area (Å²) in [5.41, 5.74) is 23.7. The lowest BCUT2D eigenvalue weighted by atomic mass is 9.33. The Morgan fingerprint density at radius 3 is 0.965 bits per heavy atom. The van der Waals surface area contributed by atoms with Crippen LogP contribution >= 0.6 is 0 Å². The maximum atomic E-state index is 9.97. The average molecular weight is 1500 g/mol. The molecule has 0 saturated heterocycles. The first-order valence-corrected chi connectivity index (χ1v) is 40.1. The van der Waals surface area contributed by atoms with Gasteiger partial charge in [0.25, 0.3) is 6.71 Å². The molecule has 0 saturated carbocycles. The smallest absolute Gasteiger partial charge is 0.252 e. The third-order valence-electron chi connectivity index (χ3n) is 23.5. The number of fused-ring (bicyclic) bond motifs is 10. The summed E-state index contributed by atoms with van der Waals surface area (Å²) in [6, 6.07) is 90.4. The van der Waals surface area contributed by atoms with E-state index in [1.807, 2.05) is 42.5 Å². The Morgan fingerprint density at radius 2 is 0.591 bits per heavy atom. The Hall–Kier alpha value is -12.6. The van der Waals surface area contributed by atoms with Crippen LogP contribution in [0.2, 0.25) is 0 Å². The first-order valence-electron chi connectivity index (χ1n) is 44.1. The van der Waals surface area contributed by atoms with Crippen molar-refractivity contribution in [2.75, 3.05) is 9.80 Å². The van der Waals surface area contributed by atoms with Crippen LogP contribution in [0, 0.1) is 0 Å². The highest BCUT2D eigenvalue weighted by molar-refractivity contribution is 7.00. The molecule has 3 aromatic heterocycles. The molecule has 5 heterocycles. The normalized spacial score (nSPS) is 14.1. The topological polar surface area (TPSA) is 55.0 Å². The molecule has 0 spiro atoms. The summed E-state index contributed by atoms with van der Waals surface area (Å²) in [5.74, 6) is 1.52. The minimum absolute atomic E-state index is 0.00274. The predicted octanol–water partition coefficient (Wildman–Crippen LogP) is 26.6. The van der Waals surface area contributed by atoms with Crippen molar-refractivity contribution in [1.82, 2.24) is 24.1 Å². The summed E-state index contributed by atoms with van der Waals surface area (Å²) >= 11 is 0. The highest BCUT2D eigenvalue weighted by Gasteiger charge is 2.47. The molecular weight excluding hydrogens is 1390 g/mol. The van der Waals surface area contributed by atoms with E-state index in [1.165, 1.54) is 11.1 Å². The molecule has 19 rings (SSSR count). The van der Waals surface area contributed by atoms with Crippen LogP contribution in [0.4, 0.5) is 34.1 Å². The van der Waals surface area contributed by atoms with Crippen LogP contribution in [0.25, 0.3) is 123 Å². The van der Waals surface area contributed by atoms with E-state index in [0.29, 0.717) is 23.2 Å². The van der Waals surface area contributed by atoms with Gasteiger partial charge in [-0.1, -0.05) is 316 Å². The highest BCUT2D eigenvalue weighted by Crippen LogP contribution is 2.56. The van der Waals surface area contributed by atoms with E-state index in [4.69, 9.17) is 15.0 Å². The van der Waals surface area contributed by atoms with Gasteiger partial charge in [-0.05, 0) is 185 Å². The van der Waals surface area contributed by atoms with Crippen molar-refractivity contribution in [3.63, 3.8) is 0 Å². The van der Waals surface area contributed by atoms with E-state index in [-0.39, 0.29) is 50.1 Å². The molecule has 0 amide bonds. The van der Waals surface area contributed by atoms with Crippen LogP contribution in [0.3, 0.4) is 0 Å². The summed E-state index contributed by atoms with van der Waals surface area (Å²) in [6.07, 6.45) is 0. The van der Waals surface area contributed by atoms with Gasteiger partial charge < -0.3 is 18.9 Å². The number of hydrogen-bond donors (Lipinski definition) is 0. The van der Waals surface area contributed by atoms with Crippen LogP contribution in [-0.4, -0.2) is 30.8 Å². The number of rotatable bonds is 10. The van der Waals surface area contributed by atoms with Gasteiger partial charge in [-0.25, -0.2) is 15.0 Å². The first kappa shape index (κ1) is 63.8. The van der Waals surface area contributed by atoms with E-state index in [0.717, 1.165) is 145 Å². The van der Waals surface area contributed by atoms with Crippen molar-refractivity contribution in [3.05, 3.63) is 337 Å². The zero-order chi connectivity index (χ0) is 86.3. The van der Waals surface area contributed by atoms with E-state index in [9.17, 15) is 11.0 Å². The molecule has 0 aliphatic carbocycles. The Kier molecular flexibility index (Phi) is 15.0. The van der Waals surface area contributed by atoms with Gasteiger partial charge in [-0.2, -0.15) is 0 Å². The molecule has 2 aliphatic rings. The second-order valence-electron chi connectivity index (χ2n) is 36.3. The van der Waals surface area contributed by atoms with Gasteiger partial charge in [-0.15, -0.1) is 0 Å². The summed E-state index contributed by atoms with van der Waals surface area (Å²) in [4.78, 5) is 21.9. The summed E-state index contributed by atoms with van der Waals surface area (Å²) < 4.78 is 80.6. The van der Waals surface area contributed by atoms with Gasteiger partial charge in [0.15, 0.2) is 17.5 Å². The zero-order valence-electron chi connectivity index (χ0n) is 76.0. The van der Waals surface area contributed by atoms with Gasteiger partial charge in [0, 0.05) is 89.0 Å². The largest absolute Gasteiger partial charge is 0.310 e. The zero-order valence-corrected chi connectivity index (χ0v) is 68.0. The SMILES string of the molecule is [2H]c1c([2H])c([2H])c2c(c1[2H])c1c([2H])c([2H])c([2H])c([2H])c1n2-c1ccc2c(c1)N(c1c(-c3ccccc3)cc(C(C)(C)C)cc1-c1ccccc1)c1cc(C(C)(C)C)cc3c1B2c1ccc(-n2c4ccc(C(C)(C)C)cc4c4cc(C(C)(C)C)ccc42)cc1N3c1c(-c2ccccc2)cc(C(C)(C)C)cc1-c1nc(-c2ccccc2)nc(-c2ccccc2)n1. The van der Waals surface area contributed by atoms with Gasteiger partial charge in [0.05, 0.1) is 44.4 Å². The van der Waals surface area contributed by atoms with Crippen LogP contribution < -0.4 is 26.2 Å². The number of aromatic nitrogens is 5. The maximum absolute atomic E-state index is 9.97. The van der Waals surface area contributed by atoms with E-state index in [1.54, 1.807) is 4.57 Å². The summed E-state index contributed by atoms with van der Waals surface area (Å²) in [5, 5.41) is 2.30. The van der Waals surface area contributed by atoms with Crippen molar-refractivity contribution >= 4 is 101 Å². The first-order chi connectivity index (χ1) is 58.5.